The van der Waals surface area contributed by atoms with Gasteiger partial charge in [-0.2, -0.15) is 0 Å². The zero-order valence-corrected chi connectivity index (χ0v) is 18.8. The summed E-state index contributed by atoms with van der Waals surface area (Å²) in [5, 5.41) is 0.967. The van der Waals surface area contributed by atoms with E-state index < -0.39 is 5.97 Å². The van der Waals surface area contributed by atoms with Crippen molar-refractivity contribution in [3.8, 4) is 17.2 Å². The summed E-state index contributed by atoms with van der Waals surface area (Å²) < 4.78 is 24.0. The monoisotopic (exact) mass is 447 g/mol. The van der Waals surface area contributed by atoms with E-state index in [4.69, 9.17) is 18.9 Å². The number of hydrogen-bond acceptors (Lipinski definition) is 6. The van der Waals surface area contributed by atoms with Gasteiger partial charge in [-0.1, -0.05) is 12.7 Å². The van der Waals surface area contributed by atoms with Crippen LogP contribution in [0.15, 0.2) is 54.9 Å². The second kappa shape index (κ2) is 9.24. The van der Waals surface area contributed by atoms with E-state index in [2.05, 4.69) is 18.1 Å². The van der Waals surface area contributed by atoms with E-state index in [-0.39, 0.29) is 24.8 Å². The number of nitrogens with zero attached hydrogens (tertiary/aromatic N) is 1. The second-order valence-electron chi connectivity index (χ2n) is 7.52. The maximum atomic E-state index is 13.0. The van der Waals surface area contributed by atoms with Gasteiger partial charge in [-0.25, -0.2) is 4.79 Å². The average molecular weight is 447 g/mol. The van der Waals surface area contributed by atoms with Gasteiger partial charge in [-0.15, -0.1) is 0 Å². The maximum absolute atomic E-state index is 13.0. The zero-order chi connectivity index (χ0) is 23.5. The standard InChI is InChI=1S/C26H25NO6/c1-5-11-31-24(28)15-32-22-10-8-19-25(29)23(33-26(19)16(22)3)12-17-14-27(6-2)21-9-7-18(30-4)13-20(17)21/h5,7-10,12-14H,1,6,11,15H2,2-4H3/b23-12-. The molecule has 1 aliphatic rings. The molecule has 4 rings (SSSR count). The molecule has 170 valence electrons. The lowest BCUT2D eigenvalue weighted by molar-refractivity contribution is -0.144. The molecular formula is C26H25NO6. The van der Waals surface area contributed by atoms with Crippen LogP contribution in [0.4, 0.5) is 0 Å². The number of hydrogen-bond donors (Lipinski definition) is 0. The molecule has 0 bridgehead atoms. The number of ether oxygens (including phenoxy) is 4. The van der Waals surface area contributed by atoms with E-state index in [9.17, 15) is 9.59 Å². The summed E-state index contributed by atoms with van der Waals surface area (Å²) in [7, 11) is 1.62. The van der Waals surface area contributed by atoms with Crippen molar-refractivity contribution in [2.45, 2.75) is 20.4 Å². The summed E-state index contributed by atoms with van der Waals surface area (Å²) >= 11 is 0. The van der Waals surface area contributed by atoms with Gasteiger partial charge in [0.15, 0.2) is 12.4 Å². The Morgan fingerprint density at radius 1 is 1.24 bits per heavy atom. The summed E-state index contributed by atoms with van der Waals surface area (Å²) in [4.78, 5) is 24.7. The highest BCUT2D eigenvalue weighted by molar-refractivity contribution is 6.15. The van der Waals surface area contributed by atoms with E-state index >= 15 is 0 Å². The van der Waals surface area contributed by atoms with Gasteiger partial charge in [-0.05, 0) is 50.3 Å². The molecule has 0 unspecified atom stereocenters. The van der Waals surface area contributed by atoms with Crippen LogP contribution in [0.25, 0.3) is 17.0 Å². The van der Waals surface area contributed by atoms with Crippen molar-refractivity contribution in [1.82, 2.24) is 4.57 Å². The Morgan fingerprint density at radius 2 is 2.06 bits per heavy atom. The highest BCUT2D eigenvalue weighted by Crippen LogP contribution is 2.40. The highest BCUT2D eigenvalue weighted by Gasteiger charge is 2.30. The molecule has 7 heteroatoms. The van der Waals surface area contributed by atoms with Crippen LogP contribution < -0.4 is 14.2 Å². The van der Waals surface area contributed by atoms with Crippen molar-refractivity contribution >= 4 is 28.7 Å². The van der Waals surface area contributed by atoms with Gasteiger partial charge in [0.05, 0.1) is 12.7 Å². The van der Waals surface area contributed by atoms with E-state index in [1.54, 1.807) is 32.2 Å². The molecule has 0 amide bonds. The zero-order valence-electron chi connectivity index (χ0n) is 18.8. The Bertz CT molecular complexity index is 1280. The number of carbonyl (C=O) groups is 2. The van der Waals surface area contributed by atoms with Crippen molar-refractivity contribution in [3.63, 3.8) is 0 Å². The number of allylic oxidation sites excluding steroid dienone is 1. The molecule has 0 spiro atoms. The summed E-state index contributed by atoms with van der Waals surface area (Å²) in [6.45, 7) is 8.01. The normalized spacial score (nSPS) is 13.7. The smallest absolute Gasteiger partial charge is 0.344 e. The lowest BCUT2D eigenvalue weighted by atomic mass is 10.1. The van der Waals surface area contributed by atoms with Gasteiger partial charge in [0.1, 0.15) is 23.9 Å². The number of aromatic nitrogens is 1. The van der Waals surface area contributed by atoms with E-state index in [1.165, 1.54) is 6.08 Å². The van der Waals surface area contributed by atoms with Crippen LogP contribution in [0.3, 0.4) is 0 Å². The van der Waals surface area contributed by atoms with Crippen LogP contribution in [-0.4, -0.2) is 36.6 Å². The Balaban J connectivity index is 1.63. The third-order valence-electron chi connectivity index (χ3n) is 5.49. The first kappa shape index (κ1) is 22.2. The minimum absolute atomic E-state index is 0.122. The SMILES string of the molecule is C=CCOC(=O)COc1ccc2c(c1C)O/C(=C\c1cn(CC)c3ccc(OC)cc13)C2=O. The van der Waals surface area contributed by atoms with Crippen molar-refractivity contribution in [2.24, 2.45) is 0 Å². The molecule has 0 saturated carbocycles. The molecule has 0 atom stereocenters. The average Bonchev–Trinajstić information content (AvgIpc) is 3.34. The van der Waals surface area contributed by atoms with Gasteiger partial charge in [0.2, 0.25) is 5.78 Å². The van der Waals surface area contributed by atoms with Crippen molar-refractivity contribution in [2.75, 3.05) is 20.3 Å². The van der Waals surface area contributed by atoms with Crippen molar-refractivity contribution < 1.29 is 28.5 Å². The molecule has 3 aromatic rings. The lowest BCUT2D eigenvalue weighted by Gasteiger charge is -2.10. The van der Waals surface area contributed by atoms with E-state index in [1.807, 2.05) is 24.4 Å². The fourth-order valence-corrected chi connectivity index (χ4v) is 3.80. The van der Waals surface area contributed by atoms with Gasteiger partial charge in [0.25, 0.3) is 0 Å². The summed E-state index contributed by atoms with van der Waals surface area (Å²) in [6, 6.07) is 9.17. The molecule has 0 N–H and O–H groups in total. The fraction of sp³-hybridized carbons (Fsp3) is 0.231. The number of Topliss-reactive ketones (excluding diaryl/α,β-unsaturated/α-hetero) is 1. The first-order valence-corrected chi connectivity index (χ1v) is 10.6. The van der Waals surface area contributed by atoms with Crippen molar-refractivity contribution in [3.05, 3.63) is 71.6 Å². The highest BCUT2D eigenvalue weighted by atomic mass is 16.6. The maximum Gasteiger partial charge on any atom is 0.344 e. The number of methoxy groups -OCH3 is 1. The first-order valence-electron chi connectivity index (χ1n) is 10.6. The number of ketones is 1. The first-order chi connectivity index (χ1) is 16.0. The number of carbonyl (C=O) groups excluding carboxylic acids is 2. The van der Waals surface area contributed by atoms with Gasteiger partial charge in [0, 0.05) is 34.8 Å². The molecule has 2 aromatic carbocycles. The molecule has 1 aromatic heterocycles. The fourth-order valence-electron chi connectivity index (χ4n) is 3.80. The molecule has 1 aliphatic heterocycles. The van der Waals surface area contributed by atoms with Crippen LogP contribution in [0.2, 0.25) is 0 Å². The summed E-state index contributed by atoms with van der Waals surface area (Å²) in [6.07, 6.45) is 5.23. The van der Waals surface area contributed by atoms with Gasteiger partial charge < -0.3 is 23.5 Å². The quantitative estimate of drug-likeness (QED) is 0.283. The van der Waals surface area contributed by atoms with Crippen LogP contribution >= 0.6 is 0 Å². The lowest BCUT2D eigenvalue weighted by Crippen LogP contribution is -2.15. The van der Waals surface area contributed by atoms with E-state index in [0.29, 0.717) is 22.6 Å². The number of rotatable bonds is 8. The molecule has 0 saturated heterocycles. The molecule has 2 heterocycles. The minimum atomic E-state index is -0.505. The Hall–Kier alpha value is -4.00. The Morgan fingerprint density at radius 3 is 2.79 bits per heavy atom. The molecular weight excluding hydrogens is 422 g/mol. The van der Waals surface area contributed by atoms with E-state index in [0.717, 1.165) is 28.8 Å². The largest absolute Gasteiger partial charge is 0.497 e. The van der Waals surface area contributed by atoms with Gasteiger partial charge in [-0.3, -0.25) is 4.79 Å². The molecule has 0 aliphatic carbocycles. The Labute approximate surface area is 191 Å². The van der Waals surface area contributed by atoms with Gasteiger partial charge >= 0.3 is 5.97 Å². The molecule has 0 fully saturated rings. The third kappa shape index (κ3) is 4.22. The predicted octanol–water partition coefficient (Wildman–Crippen LogP) is 4.70. The summed E-state index contributed by atoms with van der Waals surface area (Å²) in [5.41, 5.74) is 3.00. The molecule has 33 heavy (non-hydrogen) atoms. The topological polar surface area (TPSA) is 76.0 Å². The van der Waals surface area contributed by atoms with Crippen LogP contribution in [0.1, 0.15) is 28.4 Å². The number of fused-ring (bicyclic) bond motifs is 2. The predicted molar refractivity (Wildman–Crippen MR) is 125 cm³/mol. The number of benzene rings is 2. The summed E-state index contributed by atoms with van der Waals surface area (Å²) in [5.74, 6) is 1.14. The minimum Gasteiger partial charge on any atom is -0.497 e. The van der Waals surface area contributed by atoms with Crippen molar-refractivity contribution in [1.29, 1.82) is 0 Å². The van der Waals surface area contributed by atoms with Crippen LogP contribution in [0, 0.1) is 6.92 Å². The number of esters is 1. The number of aryl methyl sites for hydroxylation is 1. The second-order valence-corrected chi connectivity index (χ2v) is 7.52. The third-order valence-corrected chi connectivity index (χ3v) is 5.49. The van der Waals surface area contributed by atoms with Crippen LogP contribution in [-0.2, 0) is 16.1 Å². The van der Waals surface area contributed by atoms with Crippen LogP contribution in [0.5, 0.6) is 17.2 Å². The molecule has 7 nitrogen and oxygen atoms in total. The Kier molecular flexibility index (Phi) is 6.22. The molecule has 0 radical (unpaired) electrons.